The number of carbonyl (C=O) groups is 1. The highest BCUT2D eigenvalue weighted by Gasteiger charge is 2.36. The fraction of sp³-hybridized carbons (Fsp3) is 0.450. The number of piperidine rings is 1. The molecule has 25 heavy (non-hydrogen) atoms. The molecule has 5 heteroatoms. The molecule has 0 amide bonds. The summed E-state index contributed by atoms with van der Waals surface area (Å²) in [5.41, 5.74) is 3.56. The summed E-state index contributed by atoms with van der Waals surface area (Å²) in [6.07, 6.45) is 2.77. The summed E-state index contributed by atoms with van der Waals surface area (Å²) in [7, 11) is 4.06. The van der Waals surface area contributed by atoms with Crippen molar-refractivity contribution in [3.63, 3.8) is 0 Å². The molecule has 4 nitrogen and oxygen atoms in total. The van der Waals surface area contributed by atoms with E-state index in [1.165, 1.54) is 16.0 Å². The molecule has 1 aromatic heterocycles. The maximum atomic E-state index is 11.9. The minimum Gasteiger partial charge on any atom is -0.480 e. The number of likely N-dealkylation sites (tertiary alicyclic amines) is 1. The van der Waals surface area contributed by atoms with E-state index in [1.807, 2.05) is 14.1 Å². The monoisotopic (exact) mass is 358 g/mol. The third kappa shape index (κ3) is 3.72. The van der Waals surface area contributed by atoms with E-state index in [0.29, 0.717) is 0 Å². The second-order valence-corrected chi connectivity index (χ2v) is 7.89. The van der Waals surface area contributed by atoms with E-state index in [2.05, 4.69) is 52.4 Å². The van der Waals surface area contributed by atoms with Gasteiger partial charge in [0.2, 0.25) is 0 Å². The van der Waals surface area contributed by atoms with Crippen LogP contribution in [0.3, 0.4) is 0 Å². The Labute approximate surface area is 153 Å². The van der Waals surface area contributed by atoms with Crippen LogP contribution >= 0.6 is 11.3 Å². The van der Waals surface area contributed by atoms with Crippen molar-refractivity contribution in [3.8, 4) is 0 Å². The minimum absolute atomic E-state index is 0.0117. The zero-order chi connectivity index (χ0) is 18.0. The van der Waals surface area contributed by atoms with Crippen molar-refractivity contribution >= 4 is 23.0 Å². The smallest absolute Gasteiger partial charge is 0.320 e. The van der Waals surface area contributed by atoms with Crippen molar-refractivity contribution in [1.82, 2.24) is 4.90 Å². The number of aliphatic carboxylic acids is 1. The van der Waals surface area contributed by atoms with Crippen molar-refractivity contribution in [2.45, 2.75) is 38.3 Å². The summed E-state index contributed by atoms with van der Waals surface area (Å²) in [5, 5.41) is 11.8. The lowest BCUT2D eigenvalue weighted by Gasteiger charge is -2.39. The first kappa shape index (κ1) is 18.0. The SMILES string of the molecule is Cc1ccsc1C(c1ccc(N(C)C)cc1)N1CCCCC1C(=O)O. The van der Waals surface area contributed by atoms with Gasteiger partial charge < -0.3 is 10.0 Å². The van der Waals surface area contributed by atoms with Gasteiger partial charge in [-0.05, 0) is 61.0 Å². The molecule has 1 saturated heterocycles. The van der Waals surface area contributed by atoms with E-state index >= 15 is 0 Å². The number of nitrogens with zero attached hydrogens (tertiary/aromatic N) is 2. The quantitative estimate of drug-likeness (QED) is 0.872. The summed E-state index contributed by atoms with van der Waals surface area (Å²) in [6.45, 7) is 2.95. The number of carboxylic acids is 1. The van der Waals surface area contributed by atoms with Gasteiger partial charge in [-0.25, -0.2) is 0 Å². The van der Waals surface area contributed by atoms with Crippen LogP contribution in [0.1, 0.15) is 41.3 Å². The maximum absolute atomic E-state index is 11.9. The van der Waals surface area contributed by atoms with E-state index in [0.717, 1.165) is 31.5 Å². The number of carboxylic acid groups (broad SMARTS) is 1. The van der Waals surface area contributed by atoms with Gasteiger partial charge in [0.15, 0.2) is 0 Å². The van der Waals surface area contributed by atoms with Crippen LogP contribution in [0.15, 0.2) is 35.7 Å². The number of thiophene rings is 1. The molecule has 1 aromatic carbocycles. The molecule has 2 unspecified atom stereocenters. The molecule has 1 aliphatic heterocycles. The van der Waals surface area contributed by atoms with Gasteiger partial charge in [-0.15, -0.1) is 11.3 Å². The second kappa shape index (κ2) is 7.58. The summed E-state index contributed by atoms with van der Waals surface area (Å²) < 4.78 is 0. The van der Waals surface area contributed by atoms with Gasteiger partial charge in [-0.3, -0.25) is 9.69 Å². The molecular formula is C20H26N2O2S. The number of aryl methyl sites for hydroxylation is 1. The van der Waals surface area contributed by atoms with E-state index in [-0.39, 0.29) is 6.04 Å². The summed E-state index contributed by atoms with van der Waals surface area (Å²) >= 11 is 1.73. The molecule has 3 rings (SSSR count). The summed E-state index contributed by atoms with van der Waals surface area (Å²) in [4.78, 5) is 17.4. The molecule has 0 radical (unpaired) electrons. The third-order valence-electron chi connectivity index (χ3n) is 5.04. The molecule has 0 spiro atoms. The van der Waals surface area contributed by atoms with Gasteiger partial charge in [0, 0.05) is 24.7 Å². The van der Waals surface area contributed by atoms with Crippen molar-refractivity contribution in [2.75, 3.05) is 25.5 Å². The Morgan fingerprint density at radius 2 is 1.96 bits per heavy atom. The zero-order valence-electron chi connectivity index (χ0n) is 15.1. The van der Waals surface area contributed by atoms with Crippen LogP contribution in [-0.2, 0) is 4.79 Å². The van der Waals surface area contributed by atoms with Crippen LogP contribution in [0.5, 0.6) is 0 Å². The van der Waals surface area contributed by atoms with E-state index in [9.17, 15) is 9.90 Å². The molecule has 0 saturated carbocycles. The van der Waals surface area contributed by atoms with E-state index in [1.54, 1.807) is 11.3 Å². The van der Waals surface area contributed by atoms with Gasteiger partial charge >= 0.3 is 5.97 Å². The molecule has 2 atom stereocenters. The minimum atomic E-state index is -0.705. The van der Waals surface area contributed by atoms with Crippen LogP contribution in [0.2, 0.25) is 0 Å². The Kier molecular flexibility index (Phi) is 5.45. The van der Waals surface area contributed by atoms with Crippen LogP contribution in [0.4, 0.5) is 5.69 Å². The molecule has 1 aliphatic rings. The number of anilines is 1. The van der Waals surface area contributed by atoms with Crippen molar-refractivity contribution in [1.29, 1.82) is 0 Å². The average molecular weight is 359 g/mol. The second-order valence-electron chi connectivity index (χ2n) is 6.94. The maximum Gasteiger partial charge on any atom is 0.320 e. The van der Waals surface area contributed by atoms with Crippen molar-refractivity contribution in [3.05, 3.63) is 51.7 Å². The van der Waals surface area contributed by atoms with Crippen LogP contribution in [-0.4, -0.2) is 42.7 Å². The standard InChI is InChI=1S/C20H26N2O2S/c1-14-11-13-25-19(14)18(15-7-9-16(10-8-15)21(2)3)22-12-5-4-6-17(22)20(23)24/h7-11,13,17-18H,4-6,12H2,1-3H3,(H,23,24). The average Bonchev–Trinajstić information content (AvgIpc) is 3.02. The summed E-state index contributed by atoms with van der Waals surface area (Å²) in [6, 6.07) is 10.3. The first-order valence-corrected chi connectivity index (χ1v) is 9.67. The number of hydrogen-bond acceptors (Lipinski definition) is 4. The number of hydrogen-bond donors (Lipinski definition) is 1. The fourth-order valence-corrected chi connectivity index (χ4v) is 4.71. The van der Waals surface area contributed by atoms with Crippen LogP contribution in [0, 0.1) is 6.92 Å². The number of benzene rings is 1. The lowest BCUT2D eigenvalue weighted by Crippen LogP contribution is -2.46. The Bertz CT molecular complexity index is 724. The molecule has 2 heterocycles. The van der Waals surface area contributed by atoms with Crippen molar-refractivity contribution in [2.24, 2.45) is 0 Å². The van der Waals surface area contributed by atoms with Gasteiger partial charge in [-0.1, -0.05) is 18.6 Å². The first-order valence-electron chi connectivity index (χ1n) is 8.79. The fourth-order valence-electron chi connectivity index (χ4n) is 3.64. The molecular weight excluding hydrogens is 332 g/mol. The van der Waals surface area contributed by atoms with Gasteiger partial charge in [0.1, 0.15) is 6.04 Å². The Morgan fingerprint density at radius 1 is 1.24 bits per heavy atom. The zero-order valence-corrected chi connectivity index (χ0v) is 15.9. The van der Waals surface area contributed by atoms with E-state index < -0.39 is 12.0 Å². The Morgan fingerprint density at radius 3 is 2.52 bits per heavy atom. The Hall–Kier alpha value is -1.85. The molecule has 2 aromatic rings. The molecule has 1 fully saturated rings. The van der Waals surface area contributed by atoms with Crippen LogP contribution < -0.4 is 4.90 Å². The largest absolute Gasteiger partial charge is 0.480 e. The van der Waals surface area contributed by atoms with E-state index in [4.69, 9.17) is 0 Å². The highest BCUT2D eigenvalue weighted by molar-refractivity contribution is 7.10. The molecule has 0 bridgehead atoms. The molecule has 1 N–H and O–H groups in total. The van der Waals surface area contributed by atoms with Gasteiger partial charge in [-0.2, -0.15) is 0 Å². The van der Waals surface area contributed by atoms with Crippen LogP contribution in [0.25, 0.3) is 0 Å². The van der Waals surface area contributed by atoms with Gasteiger partial charge in [0.25, 0.3) is 0 Å². The first-order chi connectivity index (χ1) is 12.0. The van der Waals surface area contributed by atoms with Gasteiger partial charge in [0.05, 0.1) is 6.04 Å². The lowest BCUT2D eigenvalue weighted by atomic mass is 9.94. The molecule has 0 aliphatic carbocycles. The number of rotatable bonds is 5. The third-order valence-corrected chi connectivity index (χ3v) is 6.11. The highest BCUT2D eigenvalue weighted by Crippen LogP contribution is 2.38. The predicted octanol–water partition coefficient (Wildman–Crippen LogP) is 4.15. The summed E-state index contributed by atoms with van der Waals surface area (Å²) in [5.74, 6) is -0.705. The predicted molar refractivity (Wildman–Crippen MR) is 104 cm³/mol. The Balaban J connectivity index is 2.03. The lowest BCUT2D eigenvalue weighted by molar-refractivity contribution is -0.145. The normalized spacial score (nSPS) is 19.6. The highest BCUT2D eigenvalue weighted by atomic mass is 32.1. The molecule has 134 valence electrons. The van der Waals surface area contributed by atoms with Crippen molar-refractivity contribution < 1.29 is 9.90 Å². The topological polar surface area (TPSA) is 43.8 Å².